The zero-order valence-electron chi connectivity index (χ0n) is 8.79. The Morgan fingerprint density at radius 1 is 1.21 bits per heavy atom. The Bertz CT molecular complexity index is 288. The van der Waals surface area contributed by atoms with Crippen LogP contribution in [0.4, 0.5) is 0 Å². The molecule has 0 unspecified atom stereocenters. The van der Waals surface area contributed by atoms with Gasteiger partial charge in [0.25, 0.3) is 0 Å². The zero-order chi connectivity index (χ0) is 9.97. The maximum absolute atomic E-state index is 3.29. The van der Waals surface area contributed by atoms with Gasteiger partial charge in [-0.2, -0.15) is 0 Å². The number of hydrogen-bond acceptors (Lipinski definition) is 2. The average molecular weight is 207 g/mol. The van der Waals surface area contributed by atoms with Crippen LogP contribution in [0.5, 0.6) is 0 Å². The Kier molecular flexibility index (Phi) is 3.14. The molecule has 1 aromatic carbocycles. The number of rotatable bonds is 3. The summed E-state index contributed by atoms with van der Waals surface area (Å²) in [6.07, 6.45) is 0. The Balaban J connectivity index is 1.98. The van der Waals surface area contributed by atoms with Crippen molar-refractivity contribution in [1.29, 1.82) is 0 Å². The molecule has 1 aromatic rings. The van der Waals surface area contributed by atoms with Crippen LogP contribution in [0.2, 0.25) is 0 Å². The van der Waals surface area contributed by atoms with Gasteiger partial charge < -0.3 is 5.32 Å². The number of nitrogens with one attached hydrogen (secondary N) is 1. The third-order valence-electron chi connectivity index (χ3n) is 2.59. The van der Waals surface area contributed by atoms with Crippen molar-refractivity contribution in [2.24, 2.45) is 0 Å². The van der Waals surface area contributed by atoms with Crippen molar-refractivity contribution >= 4 is 11.8 Å². The normalized spacial score (nSPS) is 17.1. The summed E-state index contributed by atoms with van der Waals surface area (Å²) < 4.78 is 0. The molecule has 0 aliphatic carbocycles. The van der Waals surface area contributed by atoms with E-state index in [-0.39, 0.29) is 0 Å². The first-order chi connectivity index (χ1) is 6.75. The second-order valence-electron chi connectivity index (χ2n) is 4.12. The molecule has 2 rings (SSSR count). The number of hydrogen-bond donors (Lipinski definition) is 1. The summed E-state index contributed by atoms with van der Waals surface area (Å²) in [7, 11) is 0. The molecule has 1 nitrogen and oxygen atoms in total. The van der Waals surface area contributed by atoms with Crippen LogP contribution in [0, 0.1) is 0 Å². The molecule has 0 saturated carbocycles. The molecule has 14 heavy (non-hydrogen) atoms. The van der Waals surface area contributed by atoms with Crippen LogP contribution in [0.1, 0.15) is 25.3 Å². The topological polar surface area (TPSA) is 12.0 Å². The van der Waals surface area contributed by atoms with Gasteiger partial charge in [-0.1, -0.05) is 26.0 Å². The van der Waals surface area contributed by atoms with Gasteiger partial charge in [-0.25, -0.2) is 0 Å². The van der Waals surface area contributed by atoms with Crippen LogP contribution in [-0.4, -0.2) is 18.3 Å². The molecule has 1 aliphatic heterocycles. The van der Waals surface area contributed by atoms with E-state index in [2.05, 4.69) is 43.4 Å². The third kappa shape index (κ3) is 2.31. The maximum atomic E-state index is 3.29. The molecule has 2 heteroatoms. The molecule has 1 N–H and O–H groups in total. The van der Waals surface area contributed by atoms with E-state index in [0.717, 1.165) is 18.3 Å². The van der Waals surface area contributed by atoms with E-state index in [0.29, 0.717) is 5.92 Å². The van der Waals surface area contributed by atoms with Crippen LogP contribution >= 0.6 is 11.8 Å². The molecule has 0 atom stereocenters. The van der Waals surface area contributed by atoms with Crippen molar-refractivity contribution in [3.8, 4) is 0 Å². The van der Waals surface area contributed by atoms with Crippen LogP contribution in [-0.2, 0) is 0 Å². The van der Waals surface area contributed by atoms with Crippen LogP contribution in [0.25, 0.3) is 0 Å². The summed E-state index contributed by atoms with van der Waals surface area (Å²) >= 11 is 1.99. The molecular weight excluding hydrogens is 190 g/mol. The van der Waals surface area contributed by atoms with Crippen molar-refractivity contribution in [1.82, 2.24) is 5.32 Å². The highest BCUT2D eigenvalue weighted by Crippen LogP contribution is 2.26. The SMILES string of the molecule is CC(C)c1ccc(SC2CNC2)cc1. The quantitative estimate of drug-likeness (QED) is 0.818. The molecule has 76 valence electrons. The van der Waals surface area contributed by atoms with Crippen molar-refractivity contribution < 1.29 is 0 Å². The molecule has 1 aliphatic rings. The van der Waals surface area contributed by atoms with Crippen molar-refractivity contribution in [2.45, 2.75) is 29.9 Å². The molecule has 1 saturated heterocycles. The summed E-state index contributed by atoms with van der Waals surface area (Å²) in [5.74, 6) is 0.638. The first-order valence-corrected chi connectivity index (χ1v) is 6.11. The largest absolute Gasteiger partial charge is 0.314 e. The predicted molar refractivity (Wildman–Crippen MR) is 63.0 cm³/mol. The van der Waals surface area contributed by atoms with Crippen LogP contribution in [0.3, 0.4) is 0 Å². The molecule has 0 radical (unpaired) electrons. The fourth-order valence-electron chi connectivity index (χ4n) is 1.47. The molecule has 1 heterocycles. The highest BCUT2D eigenvalue weighted by Gasteiger charge is 2.17. The summed E-state index contributed by atoms with van der Waals surface area (Å²) in [5.41, 5.74) is 1.43. The summed E-state index contributed by atoms with van der Waals surface area (Å²) in [6, 6.07) is 8.99. The number of thioether (sulfide) groups is 1. The Hall–Kier alpha value is -0.470. The Labute approximate surface area is 90.3 Å². The lowest BCUT2D eigenvalue weighted by atomic mass is 10.0. The van der Waals surface area contributed by atoms with Gasteiger partial charge in [-0.15, -0.1) is 11.8 Å². The highest BCUT2D eigenvalue weighted by molar-refractivity contribution is 8.00. The fraction of sp³-hybridized carbons (Fsp3) is 0.500. The average Bonchev–Trinajstić information content (AvgIpc) is 2.12. The molecule has 1 fully saturated rings. The lowest BCUT2D eigenvalue weighted by Crippen LogP contribution is -2.44. The standard InChI is InChI=1S/C12H17NS/c1-9(2)10-3-5-11(6-4-10)14-12-7-13-8-12/h3-6,9,12-13H,7-8H2,1-2H3. The summed E-state index contributed by atoms with van der Waals surface area (Å²) in [6.45, 7) is 6.79. The van der Waals surface area contributed by atoms with Gasteiger partial charge in [-0.3, -0.25) is 0 Å². The number of benzene rings is 1. The van der Waals surface area contributed by atoms with Crippen LogP contribution in [0.15, 0.2) is 29.2 Å². The summed E-state index contributed by atoms with van der Waals surface area (Å²) in [5, 5.41) is 4.08. The highest BCUT2D eigenvalue weighted by atomic mass is 32.2. The fourth-order valence-corrected chi connectivity index (χ4v) is 2.55. The van der Waals surface area contributed by atoms with E-state index in [9.17, 15) is 0 Å². The minimum Gasteiger partial charge on any atom is -0.314 e. The van der Waals surface area contributed by atoms with Gasteiger partial charge >= 0.3 is 0 Å². The van der Waals surface area contributed by atoms with E-state index in [1.54, 1.807) is 0 Å². The van der Waals surface area contributed by atoms with Gasteiger partial charge in [-0.05, 0) is 23.6 Å². The van der Waals surface area contributed by atoms with E-state index < -0.39 is 0 Å². The molecule has 0 bridgehead atoms. The van der Waals surface area contributed by atoms with E-state index in [1.165, 1.54) is 10.5 Å². The predicted octanol–water partition coefficient (Wildman–Crippen LogP) is 2.87. The van der Waals surface area contributed by atoms with Gasteiger partial charge in [0.2, 0.25) is 0 Å². The third-order valence-corrected chi connectivity index (χ3v) is 3.80. The molecule has 0 amide bonds. The molecule has 0 aromatic heterocycles. The minimum absolute atomic E-state index is 0.638. The Morgan fingerprint density at radius 3 is 2.29 bits per heavy atom. The van der Waals surface area contributed by atoms with Gasteiger partial charge in [0.1, 0.15) is 0 Å². The van der Waals surface area contributed by atoms with Crippen molar-refractivity contribution in [3.63, 3.8) is 0 Å². The van der Waals surface area contributed by atoms with E-state index in [4.69, 9.17) is 0 Å². The van der Waals surface area contributed by atoms with Crippen molar-refractivity contribution in [2.75, 3.05) is 13.1 Å². The van der Waals surface area contributed by atoms with E-state index in [1.807, 2.05) is 11.8 Å². The Morgan fingerprint density at radius 2 is 1.86 bits per heavy atom. The smallest absolute Gasteiger partial charge is 0.0344 e. The molecular formula is C12H17NS. The minimum atomic E-state index is 0.638. The summed E-state index contributed by atoms with van der Waals surface area (Å²) in [4.78, 5) is 1.40. The van der Waals surface area contributed by atoms with E-state index >= 15 is 0 Å². The molecule has 0 spiro atoms. The maximum Gasteiger partial charge on any atom is 0.0344 e. The first kappa shape index (κ1) is 10.1. The first-order valence-electron chi connectivity index (χ1n) is 5.23. The monoisotopic (exact) mass is 207 g/mol. The van der Waals surface area contributed by atoms with Crippen molar-refractivity contribution in [3.05, 3.63) is 29.8 Å². The van der Waals surface area contributed by atoms with Crippen LogP contribution < -0.4 is 5.32 Å². The van der Waals surface area contributed by atoms with Gasteiger partial charge in [0.15, 0.2) is 0 Å². The second-order valence-corrected chi connectivity index (χ2v) is 5.50. The zero-order valence-corrected chi connectivity index (χ0v) is 9.60. The lowest BCUT2D eigenvalue weighted by molar-refractivity contribution is 0.544. The van der Waals surface area contributed by atoms with Gasteiger partial charge in [0, 0.05) is 23.2 Å². The van der Waals surface area contributed by atoms with Gasteiger partial charge in [0.05, 0.1) is 0 Å². The second kappa shape index (κ2) is 4.37. The lowest BCUT2D eigenvalue weighted by Gasteiger charge is -2.26.